The van der Waals surface area contributed by atoms with Crippen LogP contribution >= 0.6 is 0 Å². The maximum Gasteiger partial charge on any atom is 0.00413 e. The van der Waals surface area contributed by atoms with Gasteiger partial charge >= 0.3 is 0 Å². The fourth-order valence-electron chi connectivity index (χ4n) is 1.48. The number of rotatable bonds is 0. The van der Waals surface area contributed by atoms with Gasteiger partial charge in [-0.1, -0.05) is 19.8 Å². The summed E-state index contributed by atoms with van der Waals surface area (Å²) in [5.74, 6) is 0.888. The Bertz CT molecular complexity index is 62.8. The van der Waals surface area contributed by atoms with E-state index in [1.54, 1.807) is 0 Å². The van der Waals surface area contributed by atoms with Crippen molar-refractivity contribution in [3.63, 3.8) is 0 Å². The summed E-state index contributed by atoms with van der Waals surface area (Å²) in [5, 5.41) is 0. The van der Waals surface area contributed by atoms with Crippen molar-refractivity contribution < 1.29 is 0 Å². The number of hydrogen-bond donors (Lipinski definition) is 1. The van der Waals surface area contributed by atoms with Crippen molar-refractivity contribution >= 4 is 0 Å². The van der Waals surface area contributed by atoms with Crippen LogP contribution in [0.15, 0.2) is 0 Å². The topological polar surface area (TPSA) is 26.0 Å². The Morgan fingerprint density at radius 1 is 1.38 bits per heavy atom. The van der Waals surface area contributed by atoms with Crippen molar-refractivity contribution in [2.45, 2.75) is 38.6 Å². The Morgan fingerprint density at radius 2 is 2.12 bits per heavy atom. The van der Waals surface area contributed by atoms with Crippen LogP contribution in [0.2, 0.25) is 0 Å². The zero-order chi connectivity index (χ0) is 5.98. The Labute approximate surface area is 51.3 Å². The van der Waals surface area contributed by atoms with Gasteiger partial charge in [0.2, 0.25) is 0 Å². The number of hydrogen-bond acceptors (Lipinski definition) is 1. The molecule has 48 valence electrons. The third-order valence-electron chi connectivity index (χ3n) is 1.98. The molecule has 8 heavy (non-hydrogen) atoms. The molecule has 0 aromatic carbocycles. The third-order valence-corrected chi connectivity index (χ3v) is 1.98. The fraction of sp³-hybridized carbons (Fsp3) is 1.00. The molecule has 1 saturated carbocycles. The molecule has 1 fully saturated rings. The van der Waals surface area contributed by atoms with Crippen LogP contribution in [0.5, 0.6) is 0 Å². The largest absolute Gasteiger partial charge is 0.328 e. The Morgan fingerprint density at radius 3 is 2.50 bits per heavy atom. The van der Waals surface area contributed by atoms with Crippen LogP contribution in [0, 0.1) is 5.92 Å². The van der Waals surface area contributed by atoms with Crippen molar-refractivity contribution in [3.8, 4) is 0 Å². The van der Waals surface area contributed by atoms with Gasteiger partial charge in [0.25, 0.3) is 0 Å². The minimum atomic E-state index is 0.513. The van der Waals surface area contributed by atoms with Crippen molar-refractivity contribution in [1.29, 1.82) is 0 Å². The molecular weight excluding hydrogens is 98.1 g/mol. The molecule has 0 aromatic rings. The summed E-state index contributed by atoms with van der Waals surface area (Å²) in [6.07, 6.45) is 5.25. The lowest BCUT2D eigenvalue weighted by molar-refractivity contribution is 0.344. The second-order valence-electron chi connectivity index (χ2n) is 3.03. The predicted molar refractivity (Wildman–Crippen MR) is 35.6 cm³/mol. The summed E-state index contributed by atoms with van der Waals surface area (Å²) in [6, 6.07) is 0.513. The van der Waals surface area contributed by atoms with E-state index >= 15 is 0 Å². The third kappa shape index (κ3) is 1.48. The average molecular weight is 113 g/mol. The molecule has 0 saturated heterocycles. The first-order valence-electron chi connectivity index (χ1n) is 3.54. The monoisotopic (exact) mass is 113 g/mol. The minimum absolute atomic E-state index is 0.513. The molecule has 2 N–H and O–H groups in total. The van der Waals surface area contributed by atoms with Crippen molar-refractivity contribution in [3.05, 3.63) is 0 Å². The molecule has 1 unspecified atom stereocenters. The fourth-order valence-corrected chi connectivity index (χ4v) is 1.48. The van der Waals surface area contributed by atoms with Crippen LogP contribution in [-0.4, -0.2) is 6.04 Å². The van der Waals surface area contributed by atoms with E-state index in [9.17, 15) is 0 Å². The zero-order valence-corrected chi connectivity index (χ0v) is 5.56. The van der Waals surface area contributed by atoms with Gasteiger partial charge in [-0.2, -0.15) is 0 Å². The molecule has 0 aromatic heterocycles. The van der Waals surface area contributed by atoms with Crippen LogP contribution in [0.1, 0.15) is 32.6 Å². The van der Waals surface area contributed by atoms with Gasteiger partial charge in [-0.3, -0.25) is 0 Å². The van der Waals surface area contributed by atoms with Crippen molar-refractivity contribution in [2.24, 2.45) is 11.7 Å². The van der Waals surface area contributed by atoms with Gasteiger partial charge < -0.3 is 5.73 Å². The molecular formula is C7H15N. The Hall–Kier alpha value is -0.0400. The summed E-state index contributed by atoms with van der Waals surface area (Å²) in [6.45, 7) is 2.29. The summed E-state index contributed by atoms with van der Waals surface area (Å²) in [4.78, 5) is 0. The van der Waals surface area contributed by atoms with Crippen molar-refractivity contribution in [2.75, 3.05) is 0 Å². The molecule has 1 nitrogen and oxygen atoms in total. The maximum absolute atomic E-state index is 5.73. The first kappa shape index (κ1) is 6.09. The molecule has 0 aliphatic heterocycles. The highest BCUT2D eigenvalue weighted by Crippen LogP contribution is 2.21. The quantitative estimate of drug-likeness (QED) is 0.506. The van der Waals surface area contributed by atoms with Gasteiger partial charge in [-0.15, -0.1) is 0 Å². The molecule has 0 bridgehead atoms. The average Bonchev–Trinajstić information content (AvgIpc) is 1.64. The Kier molecular flexibility index (Phi) is 1.90. The van der Waals surface area contributed by atoms with Gasteiger partial charge in [0.15, 0.2) is 0 Å². The summed E-state index contributed by atoms with van der Waals surface area (Å²) >= 11 is 0. The minimum Gasteiger partial charge on any atom is -0.328 e. The summed E-state index contributed by atoms with van der Waals surface area (Å²) < 4.78 is 0. The van der Waals surface area contributed by atoms with Crippen LogP contribution in [0.3, 0.4) is 0 Å². The van der Waals surface area contributed by atoms with Crippen LogP contribution < -0.4 is 5.73 Å². The van der Waals surface area contributed by atoms with E-state index in [2.05, 4.69) is 6.92 Å². The van der Waals surface area contributed by atoms with Gasteiger partial charge in [0.1, 0.15) is 0 Å². The lowest BCUT2D eigenvalue weighted by Crippen LogP contribution is -2.26. The van der Waals surface area contributed by atoms with Gasteiger partial charge in [-0.05, 0) is 18.8 Å². The normalized spacial score (nSPS) is 39.8. The molecule has 2 atom stereocenters. The molecule has 1 aliphatic rings. The first-order valence-corrected chi connectivity index (χ1v) is 3.54. The van der Waals surface area contributed by atoms with Crippen LogP contribution in [-0.2, 0) is 0 Å². The molecule has 1 rings (SSSR count). The molecule has 1 heteroatoms. The number of nitrogens with two attached hydrogens (primary N) is 1. The SMILES string of the molecule is C[C@@H]1CCCC(N)C1. The predicted octanol–water partition coefficient (Wildman–Crippen LogP) is 1.52. The second kappa shape index (κ2) is 2.49. The smallest absolute Gasteiger partial charge is 0.00413 e. The van der Waals surface area contributed by atoms with E-state index in [1.165, 1.54) is 25.7 Å². The maximum atomic E-state index is 5.73. The van der Waals surface area contributed by atoms with E-state index < -0.39 is 0 Å². The Balaban J connectivity index is 2.23. The highest BCUT2D eigenvalue weighted by Gasteiger charge is 2.13. The second-order valence-corrected chi connectivity index (χ2v) is 3.03. The van der Waals surface area contributed by atoms with E-state index in [0.717, 1.165) is 5.92 Å². The van der Waals surface area contributed by atoms with E-state index in [4.69, 9.17) is 5.73 Å². The highest BCUT2D eigenvalue weighted by atomic mass is 14.6. The van der Waals surface area contributed by atoms with E-state index in [-0.39, 0.29) is 0 Å². The van der Waals surface area contributed by atoms with Gasteiger partial charge in [0.05, 0.1) is 0 Å². The standard InChI is InChI=1S/C7H15N/c1-6-3-2-4-7(8)5-6/h6-7H,2-5,8H2,1H3/t6-,7?/m1/s1. The molecule has 0 amide bonds. The molecule has 0 heterocycles. The van der Waals surface area contributed by atoms with Crippen LogP contribution in [0.4, 0.5) is 0 Å². The first-order chi connectivity index (χ1) is 3.79. The molecule has 0 radical (unpaired) electrons. The lowest BCUT2D eigenvalue weighted by atomic mass is 9.88. The van der Waals surface area contributed by atoms with E-state index in [0.29, 0.717) is 6.04 Å². The summed E-state index contributed by atoms with van der Waals surface area (Å²) in [5.41, 5.74) is 5.73. The zero-order valence-electron chi connectivity index (χ0n) is 5.56. The van der Waals surface area contributed by atoms with E-state index in [1.807, 2.05) is 0 Å². The lowest BCUT2D eigenvalue weighted by Gasteiger charge is -2.22. The van der Waals surface area contributed by atoms with Crippen molar-refractivity contribution in [1.82, 2.24) is 0 Å². The summed E-state index contributed by atoms with van der Waals surface area (Å²) in [7, 11) is 0. The van der Waals surface area contributed by atoms with Gasteiger partial charge in [0, 0.05) is 6.04 Å². The van der Waals surface area contributed by atoms with Crippen LogP contribution in [0.25, 0.3) is 0 Å². The molecule has 0 spiro atoms. The highest BCUT2D eigenvalue weighted by molar-refractivity contribution is 4.71. The van der Waals surface area contributed by atoms with Gasteiger partial charge in [-0.25, -0.2) is 0 Å². The molecule has 1 aliphatic carbocycles.